The molecule has 0 aromatic heterocycles. The molecule has 3 rings (SSSR count). The van der Waals surface area contributed by atoms with E-state index in [2.05, 4.69) is 9.64 Å². The van der Waals surface area contributed by atoms with Gasteiger partial charge in [-0.2, -0.15) is 0 Å². The molecule has 8 heteroatoms. The summed E-state index contributed by atoms with van der Waals surface area (Å²) in [5, 5.41) is 0. The van der Waals surface area contributed by atoms with Crippen molar-refractivity contribution in [3.8, 4) is 5.75 Å². The highest BCUT2D eigenvalue weighted by Crippen LogP contribution is 2.23. The van der Waals surface area contributed by atoms with Crippen LogP contribution >= 0.6 is 0 Å². The number of alkyl halides is 3. The summed E-state index contributed by atoms with van der Waals surface area (Å²) in [5.74, 6) is -0.851. The first-order valence-corrected chi connectivity index (χ1v) is 8.92. The van der Waals surface area contributed by atoms with E-state index in [9.17, 15) is 22.4 Å². The summed E-state index contributed by atoms with van der Waals surface area (Å²) in [4.78, 5) is 16.5. The first-order valence-electron chi connectivity index (χ1n) is 8.92. The number of rotatable bonds is 4. The Balaban J connectivity index is 1.57. The lowest BCUT2D eigenvalue weighted by molar-refractivity contribution is -0.274. The minimum absolute atomic E-state index is 0.220. The molecular weight excluding hydrogens is 376 g/mol. The summed E-state index contributed by atoms with van der Waals surface area (Å²) in [6.07, 6.45) is -3.98. The van der Waals surface area contributed by atoms with Gasteiger partial charge in [0, 0.05) is 38.3 Å². The fourth-order valence-electron chi connectivity index (χ4n) is 3.16. The molecule has 4 nitrogen and oxygen atoms in total. The quantitative estimate of drug-likeness (QED) is 0.731. The molecular formula is C20H20F4N2O2. The van der Waals surface area contributed by atoms with Crippen LogP contribution in [0.15, 0.2) is 48.5 Å². The van der Waals surface area contributed by atoms with E-state index in [1.807, 2.05) is 0 Å². The van der Waals surface area contributed by atoms with Gasteiger partial charge in [0.05, 0.1) is 0 Å². The molecule has 0 radical (unpaired) electrons. The lowest BCUT2D eigenvalue weighted by atomic mass is 10.2. The van der Waals surface area contributed by atoms with E-state index in [4.69, 9.17) is 0 Å². The zero-order chi connectivity index (χ0) is 20.1. The second-order valence-electron chi connectivity index (χ2n) is 6.62. The van der Waals surface area contributed by atoms with Crippen molar-refractivity contribution >= 4 is 5.91 Å². The standard InChI is InChI=1S/C20H20F4N2O2/c21-17-6-2-15(3-7-17)14-25-10-1-11-26(13-12-25)19(27)16-4-8-18(9-5-16)28-20(22,23)24/h2-9H,1,10-14H2. The van der Waals surface area contributed by atoms with E-state index in [1.165, 1.54) is 24.3 Å². The van der Waals surface area contributed by atoms with Gasteiger partial charge in [-0.3, -0.25) is 9.69 Å². The number of hydrogen-bond donors (Lipinski definition) is 0. The molecule has 0 spiro atoms. The molecule has 0 unspecified atom stereocenters. The molecule has 0 atom stereocenters. The Kier molecular flexibility index (Phi) is 6.18. The average Bonchev–Trinajstić information content (AvgIpc) is 2.88. The average molecular weight is 396 g/mol. The van der Waals surface area contributed by atoms with Crippen molar-refractivity contribution in [2.45, 2.75) is 19.3 Å². The van der Waals surface area contributed by atoms with Gasteiger partial charge in [0.15, 0.2) is 0 Å². The molecule has 1 saturated heterocycles. The van der Waals surface area contributed by atoms with E-state index in [-0.39, 0.29) is 17.5 Å². The molecule has 1 aliphatic rings. The monoisotopic (exact) mass is 396 g/mol. The zero-order valence-corrected chi connectivity index (χ0v) is 15.1. The Bertz CT molecular complexity index is 791. The molecule has 2 aromatic rings. The van der Waals surface area contributed by atoms with Crippen LogP contribution in [-0.4, -0.2) is 48.2 Å². The van der Waals surface area contributed by atoms with Gasteiger partial charge < -0.3 is 9.64 Å². The van der Waals surface area contributed by atoms with E-state index >= 15 is 0 Å². The van der Waals surface area contributed by atoms with Crippen molar-refractivity contribution in [3.63, 3.8) is 0 Å². The molecule has 150 valence electrons. The van der Waals surface area contributed by atoms with Crippen molar-refractivity contribution in [2.75, 3.05) is 26.2 Å². The van der Waals surface area contributed by atoms with Crippen molar-refractivity contribution < 1.29 is 27.1 Å². The van der Waals surface area contributed by atoms with Crippen molar-refractivity contribution in [3.05, 3.63) is 65.5 Å². The number of halogens is 4. The Morgan fingerprint density at radius 3 is 2.25 bits per heavy atom. The summed E-state index contributed by atoms with van der Waals surface area (Å²) in [7, 11) is 0. The molecule has 0 aliphatic carbocycles. The molecule has 0 N–H and O–H groups in total. The van der Waals surface area contributed by atoms with Crippen LogP contribution in [0.4, 0.5) is 17.6 Å². The minimum Gasteiger partial charge on any atom is -0.406 e. The fourth-order valence-corrected chi connectivity index (χ4v) is 3.16. The van der Waals surface area contributed by atoms with Crippen LogP contribution in [0.5, 0.6) is 5.75 Å². The zero-order valence-electron chi connectivity index (χ0n) is 15.1. The number of nitrogens with zero attached hydrogens (tertiary/aromatic N) is 2. The lowest BCUT2D eigenvalue weighted by Gasteiger charge is -2.22. The van der Waals surface area contributed by atoms with Crippen LogP contribution in [0.25, 0.3) is 0 Å². The van der Waals surface area contributed by atoms with Crippen LogP contribution in [0, 0.1) is 5.82 Å². The van der Waals surface area contributed by atoms with Gasteiger partial charge in [0.1, 0.15) is 11.6 Å². The van der Waals surface area contributed by atoms with Crippen molar-refractivity contribution in [2.24, 2.45) is 0 Å². The van der Waals surface area contributed by atoms with E-state index in [1.54, 1.807) is 17.0 Å². The summed E-state index contributed by atoms with van der Waals surface area (Å²) >= 11 is 0. The number of ether oxygens (including phenoxy) is 1. The predicted octanol–water partition coefficient (Wildman–Crippen LogP) is 4.07. The Morgan fingerprint density at radius 2 is 1.61 bits per heavy atom. The van der Waals surface area contributed by atoms with E-state index in [0.717, 1.165) is 30.7 Å². The summed E-state index contributed by atoms with van der Waals surface area (Å²) in [6.45, 7) is 3.23. The van der Waals surface area contributed by atoms with Crippen LogP contribution in [-0.2, 0) is 6.54 Å². The van der Waals surface area contributed by atoms with Crippen LogP contribution in [0.3, 0.4) is 0 Å². The number of carbonyl (C=O) groups excluding carboxylic acids is 1. The number of hydrogen-bond acceptors (Lipinski definition) is 3. The summed E-state index contributed by atoms with van der Waals surface area (Å²) in [6, 6.07) is 11.3. The third-order valence-electron chi connectivity index (χ3n) is 4.53. The Labute approximate surface area is 160 Å². The maximum atomic E-state index is 13.0. The highest BCUT2D eigenvalue weighted by molar-refractivity contribution is 5.94. The normalized spacial score (nSPS) is 15.9. The van der Waals surface area contributed by atoms with Crippen LogP contribution in [0.2, 0.25) is 0 Å². The number of amides is 1. The predicted molar refractivity (Wildman–Crippen MR) is 95.3 cm³/mol. The van der Waals surface area contributed by atoms with Gasteiger partial charge in [-0.05, 0) is 48.4 Å². The number of benzene rings is 2. The van der Waals surface area contributed by atoms with Gasteiger partial charge in [0.2, 0.25) is 0 Å². The first kappa shape index (κ1) is 20.1. The highest BCUT2D eigenvalue weighted by Gasteiger charge is 2.31. The van der Waals surface area contributed by atoms with Crippen LogP contribution in [0.1, 0.15) is 22.3 Å². The highest BCUT2D eigenvalue weighted by atomic mass is 19.4. The van der Waals surface area contributed by atoms with Crippen molar-refractivity contribution in [1.82, 2.24) is 9.80 Å². The Hall–Kier alpha value is -2.61. The molecule has 1 amide bonds. The molecule has 0 saturated carbocycles. The van der Waals surface area contributed by atoms with Crippen molar-refractivity contribution in [1.29, 1.82) is 0 Å². The minimum atomic E-state index is -4.76. The molecule has 0 bridgehead atoms. The topological polar surface area (TPSA) is 32.8 Å². The third-order valence-corrected chi connectivity index (χ3v) is 4.53. The SMILES string of the molecule is O=C(c1ccc(OC(F)(F)F)cc1)N1CCCN(Cc2ccc(F)cc2)CC1. The maximum Gasteiger partial charge on any atom is 0.573 e. The largest absolute Gasteiger partial charge is 0.573 e. The van der Waals surface area contributed by atoms with Gasteiger partial charge in [0.25, 0.3) is 5.91 Å². The van der Waals surface area contributed by atoms with Crippen LogP contribution < -0.4 is 4.74 Å². The fraction of sp³-hybridized carbons (Fsp3) is 0.350. The lowest BCUT2D eigenvalue weighted by Crippen LogP contribution is -2.35. The first-order chi connectivity index (χ1) is 13.3. The Morgan fingerprint density at radius 1 is 0.929 bits per heavy atom. The van der Waals surface area contributed by atoms with E-state index in [0.29, 0.717) is 31.7 Å². The molecule has 28 heavy (non-hydrogen) atoms. The van der Waals surface area contributed by atoms with Gasteiger partial charge >= 0.3 is 6.36 Å². The molecule has 1 heterocycles. The third kappa shape index (κ3) is 5.69. The smallest absolute Gasteiger partial charge is 0.406 e. The van der Waals surface area contributed by atoms with E-state index < -0.39 is 6.36 Å². The molecule has 1 fully saturated rings. The molecule has 1 aliphatic heterocycles. The second-order valence-corrected chi connectivity index (χ2v) is 6.62. The van der Waals surface area contributed by atoms with Gasteiger partial charge in [-0.1, -0.05) is 12.1 Å². The second kappa shape index (κ2) is 8.60. The van der Waals surface area contributed by atoms with Gasteiger partial charge in [-0.15, -0.1) is 13.2 Å². The summed E-state index contributed by atoms with van der Waals surface area (Å²) < 4.78 is 53.5. The number of carbonyl (C=O) groups is 1. The maximum absolute atomic E-state index is 13.0. The summed E-state index contributed by atoms with van der Waals surface area (Å²) in [5.41, 5.74) is 1.32. The molecule has 2 aromatic carbocycles. The van der Waals surface area contributed by atoms with Gasteiger partial charge in [-0.25, -0.2) is 4.39 Å².